The summed E-state index contributed by atoms with van der Waals surface area (Å²) in [6.45, 7) is 2.22. The van der Waals surface area contributed by atoms with Crippen molar-refractivity contribution in [1.29, 1.82) is 0 Å². The van der Waals surface area contributed by atoms with Gasteiger partial charge in [-0.25, -0.2) is 0 Å². The third kappa shape index (κ3) is 11.0. The summed E-state index contributed by atoms with van der Waals surface area (Å²) in [4.78, 5) is 0. The van der Waals surface area contributed by atoms with Crippen LogP contribution in [0.15, 0.2) is 36.6 Å². The zero-order valence-corrected chi connectivity index (χ0v) is 8.41. The van der Waals surface area contributed by atoms with Crippen molar-refractivity contribution < 1.29 is 4.74 Å². The van der Waals surface area contributed by atoms with Crippen LogP contribution in [0.1, 0.15) is 32.6 Å². The minimum Gasteiger partial charge on any atom is -0.498 e. The van der Waals surface area contributed by atoms with Crippen molar-refractivity contribution in [3.05, 3.63) is 43.8 Å². The van der Waals surface area contributed by atoms with E-state index in [1.54, 1.807) is 6.26 Å². The molecular formula is C12H19O. The highest BCUT2D eigenvalue weighted by Crippen LogP contribution is 1.99. The smallest absolute Gasteiger partial charge is 0.121 e. The van der Waals surface area contributed by atoms with Crippen LogP contribution in [0.2, 0.25) is 0 Å². The van der Waals surface area contributed by atoms with Crippen LogP contribution in [0.25, 0.3) is 0 Å². The van der Waals surface area contributed by atoms with Crippen LogP contribution in [0.3, 0.4) is 0 Å². The maximum absolute atomic E-state index is 4.50. The molecule has 73 valence electrons. The number of ether oxygens (including phenoxy) is 1. The molecule has 0 atom stereocenters. The lowest BCUT2D eigenvalue weighted by Crippen LogP contribution is -1.69. The van der Waals surface area contributed by atoms with Crippen molar-refractivity contribution in [3.63, 3.8) is 0 Å². The standard InChI is InChI=1S/C12H19O/c1-3-4-5-6-7-8-9-10-11-12-13-2/h7-12H,2-6H2,1H3. The fourth-order valence-corrected chi connectivity index (χ4v) is 0.916. The van der Waals surface area contributed by atoms with Crippen LogP contribution in [0.4, 0.5) is 0 Å². The summed E-state index contributed by atoms with van der Waals surface area (Å²) >= 11 is 0. The minimum atomic E-state index is 1.17. The number of unbranched alkanes of at least 4 members (excludes halogenated alkanes) is 3. The predicted octanol–water partition coefficient (Wildman–Crippen LogP) is 4.00. The van der Waals surface area contributed by atoms with Crippen LogP contribution in [-0.4, -0.2) is 0 Å². The van der Waals surface area contributed by atoms with E-state index < -0.39 is 0 Å². The van der Waals surface area contributed by atoms with E-state index in [0.717, 1.165) is 0 Å². The molecule has 1 heteroatoms. The lowest BCUT2D eigenvalue weighted by atomic mass is 10.2. The lowest BCUT2D eigenvalue weighted by molar-refractivity contribution is 0.394. The molecule has 0 amide bonds. The van der Waals surface area contributed by atoms with Crippen molar-refractivity contribution in [2.75, 3.05) is 0 Å². The molecule has 1 nitrogen and oxygen atoms in total. The molecule has 0 saturated heterocycles. The summed E-state index contributed by atoms with van der Waals surface area (Å²) in [6, 6.07) is 0. The van der Waals surface area contributed by atoms with E-state index in [1.807, 2.05) is 18.2 Å². The van der Waals surface area contributed by atoms with Crippen LogP contribution < -0.4 is 0 Å². The Hall–Kier alpha value is -0.980. The zero-order chi connectivity index (χ0) is 9.78. The van der Waals surface area contributed by atoms with Gasteiger partial charge in [-0.2, -0.15) is 0 Å². The third-order valence-corrected chi connectivity index (χ3v) is 1.62. The molecule has 0 spiro atoms. The number of hydrogen-bond donors (Lipinski definition) is 0. The van der Waals surface area contributed by atoms with Gasteiger partial charge in [0, 0.05) is 0 Å². The van der Waals surface area contributed by atoms with Gasteiger partial charge in [0.05, 0.1) is 6.26 Å². The van der Waals surface area contributed by atoms with Crippen LogP contribution in [0.5, 0.6) is 0 Å². The average molecular weight is 179 g/mol. The van der Waals surface area contributed by atoms with Crippen molar-refractivity contribution in [1.82, 2.24) is 0 Å². The molecule has 0 aromatic heterocycles. The fourth-order valence-electron chi connectivity index (χ4n) is 0.916. The van der Waals surface area contributed by atoms with Gasteiger partial charge in [-0.3, -0.25) is 0 Å². The van der Waals surface area contributed by atoms with Crippen molar-refractivity contribution in [2.45, 2.75) is 32.6 Å². The Morgan fingerprint density at radius 3 is 2.54 bits per heavy atom. The highest BCUT2D eigenvalue weighted by Gasteiger charge is 1.79. The summed E-state index contributed by atoms with van der Waals surface area (Å²) in [6.07, 6.45) is 16.6. The summed E-state index contributed by atoms with van der Waals surface area (Å²) < 4.78 is 4.50. The molecule has 0 bridgehead atoms. The second-order valence-electron chi connectivity index (χ2n) is 2.80. The lowest BCUT2D eigenvalue weighted by Gasteiger charge is -1.89. The molecule has 0 rings (SSSR count). The first-order valence-corrected chi connectivity index (χ1v) is 4.81. The minimum absolute atomic E-state index is 1.17. The van der Waals surface area contributed by atoms with Gasteiger partial charge in [0.25, 0.3) is 0 Å². The molecule has 0 saturated carbocycles. The predicted molar refractivity (Wildman–Crippen MR) is 58.0 cm³/mol. The summed E-state index contributed by atoms with van der Waals surface area (Å²) in [7, 11) is 3.21. The Kier molecular flexibility index (Phi) is 10.2. The maximum Gasteiger partial charge on any atom is 0.121 e. The highest BCUT2D eigenvalue weighted by molar-refractivity contribution is 5.09. The SMILES string of the molecule is [CH2]OC=CC=CC=CCCCCC. The fraction of sp³-hybridized carbons (Fsp3) is 0.417. The quantitative estimate of drug-likeness (QED) is 0.326. The van der Waals surface area contributed by atoms with Crippen molar-refractivity contribution in [3.8, 4) is 0 Å². The molecule has 0 aliphatic carbocycles. The van der Waals surface area contributed by atoms with Crippen LogP contribution in [-0.2, 0) is 4.74 Å². The number of allylic oxidation sites excluding steroid dienone is 5. The first kappa shape index (κ1) is 12.0. The molecule has 0 heterocycles. The first-order valence-electron chi connectivity index (χ1n) is 4.81. The van der Waals surface area contributed by atoms with E-state index in [-0.39, 0.29) is 0 Å². The molecule has 0 aromatic rings. The van der Waals surface area contributed by atoms with Gasteiger partial charge in [-0.05, 0) is 18.9 Å². The van der Waals surface area contributed by atoms with Crippen molar-refractivity contribution >= 4 is 0 Å². The second kappa shape index (κ2) is 11.0. The van der Waals surface area contributed by atoms with E-state index in [9.17, 15) is 0 Å². The summed E-state index contributed by atoms with van der Waals surface area (Å²) in [5.41, 5.74) is 0. The van der Waals surface area contributed by atoms with Crippen LogP contribution >= 0.6 is 0 Å². The Balaban J connectivity index is 3.29. The number of rotatable bonds is 7. The molecule has 0 fully saturated rings. The maximum atomic E-state index is 4.50. The Labute approximate surface area is 81.8 Å². The zero-order valence-electron chi connectivity index (χ0n) is 8.41. The molecule has 0 aromatic carbocycles. The van der Waals surface area contributed by atoms with Gasteiger partial charge < -0.3 is 4.74 Å². The van der Waals surface area contributed by atoms with E-state index in [0.29, 0.717) is 0 Å². The monoisotopic (exact) mass is 179 g/mol. The first-order chi connectivity index (χ1) is 6.41. The van der Waals surface area contributed by atoms with Gasteiger partial charge in [-0.15, -0.1) is 0 Å². The van der Waals surface area contributed by atoms with E-state index in [2.05, 4.69) is 30.9 Å². The largest absolute Gasteiger partial charge is 0.498 e. The second-order valence-corrected chi connectivity index (χ2v) is 2.80. The molecule has 0 unspecified atom stereocenters. The molecule has 0 aliphatic heterocycles. The van der Waals surface area contributed by atoms with Gasteiger partial charge >= 0.3 is 0 Å². The summed E-state index contributed by atoms with van der Waals surface area (Å²) in [5, 5.41) is 0. The van der Waals surface area contributed by atoms with Crippen LogP contribution in [0, 0.1) is 7.11 Å². The highest BCUT2D eigenvalue weighted by atomic mass is 16.5. The molecule has 1 radical (unpaired) electrons. The average Bonchev–Trinajstić information content (AvgIpc) is 2.16. The Morgan fingerprint density at radius 1 is 1.08 bits per heavy atom. The third-order valence-electron chi connectivity index (χ3n) is 1.62. The molecule has 13 heavy (non-hydrogen) atoms. The van der Waals surface area contributed by atoms with E-state index in [1.165, 1.54) is 25.7 Å². The Bertz CT molecular complexity index is 166. The van der Waals surface area contributed by atoms with Gasteiger partial charge in [0.1, 0.15) is 7.11 Å². The Morgan fingerprint density at radius 2 is 1.85 bits per heavy atom. The molecule has 0 N–H and O–H groups in total. The molecule has 0 aliphatic rings. The number of hydrogen-bond acceptors (Lipinski definition) is 1. The van der Waals surface area contributed by atoms with Gasteiger partial charge in [-0.1, -0.05) is 44.1 Å². The summed E-state index contributed by atoms with van der Waals surface area (Å²) in [5.74, 6) is 0. The van der Waals surface area contributed by atoms with E-state index in [4.69, 9.17) is 0 Å². The topological polar surface area (TPSA) is 9.23 Å². The van der Waals surface area contributed by atoms with E-state index >= 15 is 0 Å². The molecular weight excluding hydrogens is 160 g/mol. The van der Waals surface area contributed by atoms with Gasteiger partial charge in [0.2, 0.25) is 0 Å². The van der Waals surface area contributed by atoms with Gasteiger partial charge in [0.15, 0.2) is 0 Å². The van der Waals surface area contributed by atoms with Crippen molar-refractivity contribution in [2.24, 2.45) is 0 Å². The normalized spacial score (nSPS) is 12.2.